The smallest absolute Gasteiger partial charge is 0.220 e. The molecule has 15 heavy (non-hydrogen) atoms. The molecule has 5 heteroatoms. The van der Waals surface area contributed by atoms with Crippen molar-refractivity contribution in [3.05, 3.63) is 0 Å². The van der Waals surface area contributed by atoms with Gasteiger partial charge in [0.25, 0.3) is 0 Å². The first-order valence-electron chi connectivity index (χ1n) is 5.02. The molecule has 0 spiro atoms. The van der Waals surface area contributed by atoms with Crippen molar-refractivity contribution in [1.29, 1.82) is 0 Å². The maximum Gasteiger partial charge on any atom is 0.220 e. The third-order valence-corrected chi connectivity index (χ3v) is 3.51. The molecular weight excluding hydrogens is 214 g/mol. The standard InChI is InChI=1S/C10H19NO3S/c1-8(12)4-5-10(13)11-7-6-9(2)15(3)14/h9H,4-7H2,1-3H3,(H,11,13). The van der Waals surface area contributed by atoms with E-state index >= 15 is 0 Å². The maximum atomic E-state index is 11.2. The van der Waals surface area contributed by atoms with Crippen LogP contribution in [0.5, 0.6) is 0 Å². The molecule has 0 fully saturated rings. The summed E-state index contributed by atoms with van der Waals surface area (Å²) < 4.78 is 11.0. The second-order valence-electron chi connectivity index (χ2n) is 3.65. The van der Waals surface area contributed by atoms with Gasteiger partial charge in [-0.15, -0.1) is 0 Å². The van der Waals surface area contributed by atoms with Gasteiger partial charge < -0.3 is 10.1 Å². The highest BCUT2D eigenvalue weighted by molar-refractivity contribution is 7.84. The Morgan fingerprint density at radius 2 is 1.93 bits per heavy atom. The Morgan fingerprint density at radius 3 is 2.40 bits per heavy atom. The van der Waals surface area contributed by atoms with E-state index in [0.29, 0.717) is 19.4 Å². The highest BCUT2D eigenvalue weighted by atomic mass is 32.2. The Balaban J connectivity index is 3.55. The van der Waals surface area contributed by atoms with Crippen LogP contribution < -0.4 is 5.32 Å². The van der Waals surface area contributed by atoms with Gasteiger partial charge in [-0.2, -0.15) is 0 Å². The molecule has 0 aromatic rings. The molecule has 0 rings (SSSR count). The number of Topliss-reactive ketones (excluding diaryl/α,β-unsaturated/α-hetero) is 1. The van der Waals surface area contributed by atoms with E-state index in [0.717, 1.165) is 0 Å². The van der Waals surface area contributed by atoms with Crippen LogP contribution in [-0.2, 0) is 20.4 Å². The number of nitrogens with one attached hydrogen (secondary N) is 1. The zero-order valence-electron chi connectivity index (χ0n) is 9.54. The minimum atomic E-state index is -0.842. The first-order valence-corrected chi connectivity index (χ1v) is 6.64. The molecule has 1 amide bonds. The summed E-state index contributed by atoms with van der Waals surface area (Å²) >= 11 is 0. The van der Waals surface area contributed by atoms with Gasteiger partial charge in [0.2, 0.25) is 5.91 Å². The van der Waals surface area contributed by atoms with E-state index in [1.165, 1.54) is 6.92 Å². The van der Waals surface area contributed by atoms with Gasteiger partial charge >= 0.3 is 0 Å². The van der Waals surface area contributed by atoms with E-state index in [-0.39, 0.29) is 23.4 Å². The highest BCUT2D eigenvalue weighted by Crippen LogP contribution is 1.97. The molecule has 0 aliphatic rings. The zero-order chi connectivity index (χ0) is 11.8. The first kappa shape index (κ1) is 14.3. The largest absolute Gasteiger partial charge is 0.356 e. The van der Waals surface area contributed by atoms with Crippen molar-refractivity contribution in [1.82, 2.24) is 5.32 Å². The number of hydrogen-bond donors (Lipinski definition) is 1. The Labute approximate surface area is 93.3 Å². The third-order valence-electron chi connectivity index (χ3n) is 2.14. The molecule has 0 aromatic heterocycles. The van der Waals surface area contributed by atoms with Crippen LogP contribution >= 0.6 is 0 Å². The van der Waals surface area contributed by atoms with Gasteiger partial charge in [0.1, 0.15) is 5.78 Å². The average molecular weight is 233 g/mol. The van der Waals surface area contributed by atoms with Crippen molar-refractivity contribution < 1.29 is 13.8 Å². The molecule has 88 valence electrons. The van der Waals surface area contributed by atoms with Crippen molar-refractivity contribution >= 4 is 22.5 Å². The fraction of sp³-hybridized carbons (Fsp3) is 0.800. The minimum Gasteiger partial charge on any atom is -0.356 e. The van der Waals surface area contributed by atoms with Gasteiger partial charge in [0.15, 0.2) is 0 Å². The van der Waals surface area contributed by atoms with Crippen molar-refractivity contribution in [2.75, 3.05) is 12.8 Å². The van der Waals surface area contributed by atoms with Gasteiger partial charge in [0, 0.05) is 41.7 Å². The summed E-state index contributed by atoms with van der Waals surface area (Å²) in [5.41, 5.74) is 0. The summed E-state index contributed by atoms with van der Waals surface area (Å²) in [5, 5.41) is 2.79. The average Bonchev–Trinajstić information content (AvgIpc) is 2.14. The van der Waals surface area contributed by atoms with E-state index in [2.05, 4.69) is 5.32 Å². The van der Waals surface area contributed by atoms with E-state index < -0.39 is 10.8 Å². The first-order chi connectivity index (χ1) is 6.93. The quantitative estimate of drug-likeness (QED) is 0.701. The third kappa shape index (κ3) is 8.30. The lowest BCUT2D eigenvalue weighted by Crippen LogP contribution is -2.27. The molecule has 0 radical (unpaired) electrons. The highest BCUT2D eigenvalue weighted by Gasteiger charge is 2.07. The van der Waals surface area contributed by atoms with Gasteiger partial charge in [0.05, 0.1) is 0 Å². The Hall–Kier alpha value is -0.710. The minimum absolute atomic E-state index is 0.0215. The van der Waals surface area contributed by atoms with E-state index in [1.54, 1.807) is 6.26 Å². The lowest BCUT2D eigenvalue weighted by Gasteiger charge is -2.08. The fourth-order valence-corrected chi connectivity index (χ4v) is 1.41. The monoisotopic (exact) mass is 233 g/mol. The number of hydrogen-bond acceptors (Lipinski definition) is 3. The molecule has 0 aliphatic carbocycles. The number of carbonyl (C=O) groups excluding carboxylic acids is 2. The number of rotatable bonds is 7. The molecule has 0 aliphatic heterocycles. The number of carbonyl (C=O) groups is 2. The van der Waals surface area contributed by atoms with Crippen LogP contribution in [0.3, 0.4) is 0 Å². The van der Waals surface area contributed by atoms with Crippen LogP contribution in [0.15, 0.2) is 0 Å². The normalized spacial score (nSPS) is 14.3. The Kier molecular flexibility index (Phi) is 7.21. The Morgan fingerprint density at radius 1 is 1.33 bits per heavy atom. The predicted molar refractivity (Wildman–Crippen MR) is 61.1 cm³/mol. The summed E-state index contributed by atoms with van der Waals surface area (Å²) in [6.45, 7) is 3.88. The second kappa shape index (κ2) is 7.56. The molecule has 4 nitrogen and oxygen atoms in total. The molecule has 0 saturated heterocycles. The molecule has 0 aromatic carbocycles. The van der Waals surface area contributed by atoms with Crippen molar-refractivity contribution in [3.63, 3.8) is 0 Å². The second-order valence-corrected chi connectivity index (χ2v) is 5.45. The summed E-state index contributed by atoms with van der Waals surface area (Å²) in [6.07, 6.45) is 2.90. The van der Waals surface area contributed by atoms with Gasteiger partial charge in [-0.25, -0.2) is 0 Å². The van der Waals surface area contributed by atoms with Crippen molar-refractivity contribution in [2.45, 2.75) is 38.4 Å². The zero-order valence-corrected chi connectivity index (χ0v) is 10.4. The van der Waals surface area contributed by atoms with Crippen LogP contribution in [0.2, 0.25) is 0 Å². The van der Waals surface area contributed by atoms with Crippen LogP contribution in [0.1, 0.15) is 33.1 Å². The van der Waals surface area contributed by atoms with E-state index in [9.17, 15) is 13.8 Å². The number of ketones is 1. The maximum absolute atomic E-state index is 11.2. The van der Waals surface area contributed by atoms with Gasteiger partial charge in [-0.05, 0) is 13.3 Å². The molecule has 0 bridgehead atoms. The lowest BCUT2D eigenvalue weighted by atomic mass is 10.2. The number of amides is 1. The summed E-state index contributed by atoms with van der Waals surface area (Å²) in [4.78, 5) is 21.8. The molecular formula is C10H19NO3S. The Bertz CT molecular complexity index is 253. The van der Waals surface area contributed by atoms with Gasteiger partial charge in [-0.3, -0.25) is 9.00 Å². The van der Waals surface area contributed by atoms with Gasteiger partial charge in [-0.1, -0.05) is 6.92 Å². The summed E-state index contributed by atoms with van der Waals surface area (Å²) in [5.74, 6) is -0.0903. The topological polar surface area (TPSA) is 63.2 Å². The van der Waals surface area contributed by atoms with E-state index in [1.807, 2.05) is 6.92 Å². The van der Waals surface area contributed by atoms with Crippen molar-refractivity contribution in [3.8, 4) is 0 Å². The predicted octanol–water partition coefficient (Wildman–Crippen LogP) is 0.629. The molecule has 0 heterocycles. The summed E-state index contributed by atoms with van der Waals surface area (Å²) in [6, 6.07) is 0. The summed E-state index contributed by atoms with van der Waals surface area (Å²) in [7, 11) is -0.842. The molecule has 1 N–H and O–H groups in total. The van der Waals surface area contributed by atoms with Crippen LogP contribution in [0.4, 0.5) is 0 Å². The molecule has 2 atom stereocenters. The van der Waals surface area contributed by atoms with Crippen LogP contribution in [-0.4, -0.2) is 33.9 Å². The molecule has 0 saturated carbocycles. The van der Waals surface area contributed by atoms with E-state index in [4.69, 9.17) is 0 Å². The lowest BCUT2D eigenvalue weighted by molar-refractivity contribution is -0.124. The van der Waals surface area contributed by atoms with Crippen molar-refractivity contribution in [2.24, 2.45) is 0 Å². The molecule has 2 unspecified atom stereocenters. The van der Waals surface area contributed by atoms with Crippen LogP contribution in [0.25, 0.3) is 0 Å². The SMILES string of the molecule is CC(=O)CCC(=O)NCCC(C)S(C)=O. The fourth-order valence-electron chi connectivity index (χ4n) is 0.959. The van der Waals surface area contributed by atoms with Crippen LogP contribution in [0, 0.1) is 0 Å².